The van der Waals surface area contributed by atoms with Gasteiger partial charge in [0.15, 0.2) is 0 Å². The van der Waals surface area contributed by atoms with Crippen LogP contribution in [0.5, 0.6) is 5.75 Å². The Balaban J connectivity index is 1.62. The predicted molar refractivity (Wildman–Crippen MR) is 80.9 cm³/mol. The molecule has 2 rings (SSSR count). The average Bonchev–Trinajstić information content (AvgIpc) is 2.52. The van der Waals surface area contributed by atoms with Crippen molar-refractivity contribution in [3.05, 3.63) is 29.8 Å². The van der Waals surface area contributed by atoms with Gasteiger partial charge in [-0.2, -0.15) is 0 Å². The fourth-order valence-corrected chi connectivity index (χ4v) is 2.61. The molecule has 0 aromatic heterocycles. The number of benzene rings is 1. The fourth-order valence-electron chi connectivity index (χ4n) is 2.61. The first kappa shape index (κ1) is 15.3. The Kier molecular flexibility index (Phi) is 6.30. The first-order valence-electron chi connectivity index (χ1n) is 7.49. The second-order valence-corrected chi connectivity index (χ2v) is 5.33. The molecule has 1 heterocycles. The van der Waals surface area contributed by atoms with Gasteiger partial charge in [0, 0.05) is 33.3 Å². The molecule has 0 unspecified atom stereocenters. The molecule has 1 saturated heterocycles. The quantitative estimate of drug-likeness (QED) is 0.775. The molecule has 20 heavy (non-hydrogen) atoms. The van der Waals surface area contributed by atoms with Gasteiger partial charge in [0.25, 0.3) is 0 Å². The molecule has 1 aromatic rings. The molecular formula is C16H26N2O2. The maximum atomic E-state index is 5.77. The lowest BCUT2D eigenvalue weighted by atomic mass is 10.1. The second kappa shape index (κ2) is 8.25. The summed E-state index contributed by atoms with van der Waals surface area (Å²) in [5.74, 6) is 0.922. The number of methoxy groups -OCH3 is 1. The van der Waals surface area contributed by atoms with Gasteiger partial charge < -0.3 is 20.1 Å². The van der Waals surface area contributed by atoms with Crippen LogP contribution in [-0.4, -0.2) is 44.4 Å². The normalized spacial score (nSPS) is 17.3. The van der Waals surface area contributed by atoms with Gasteiger partial charge in [-0.15, -0.1) is 0 Å². The van der Waals surface area contributed by atoms with Gasteiger partial charge in [0.2, 0.25) is 0 Å². The number of hydrogen-bond acceptors (Lipinski definition) is 4. The third-order valence-electron chi connectivity index (χ3n) is 3.89. The van der Waals surface area contributed by atoms with Crippen molar-refractivity contribution in [3.63, 3.8) is 0 Å². The Bertz CT molecular complexity index is 390. The summed E-state index contributed by atoms with van der Waals surface area (Å²) in [5, 5.41) is 0. The molecule has 112 valence electrons. The summed E-state index contributed by atoms with van der Waals surface area (Å²) in [5.41, 5.74) is 6.74. The maximum absolute atomic E-state index is 5.77. The van der Waals surface area contributed by atoms with Crippen LogP contribution in [-0.2, 0) is 11.3 Å². The highest BCUT2D eigenvalue weighted by Gasteiger charge is 2.17. The van der Waals surface area contributed by atoms with E-state index < -0.39 is 0 Å². The van der Waals surface area contributed by atoms with Crippen LogP contribution in [0.1, 0.15) is 24.8 Å². The summed E-state index contributed by atoms with van der Waals surface area (Å²) in [6.45, 7) is 4.71. The fraction of sp³-hybridized carbons (Fsp3) is 0.625. The Morgan fingerprint density at radius 2 is 2.10 bits per heavy atom. The SMILES string of the molecule is COC1CCN(CCCOc2cccc(CN)c2)CC1. The monoisotopic (exact) mass is 278 g/mol. The van der Waals surface area contributed by atoms with Crippen molar-refractivity contribution >= 4 is 0 Å². The number of rotatable bonds is 7. The Morgan fingerprint density at radius 1 is 1.30 bits per heavy atom. The molecular weight excluding hydrogens is 252 g/mol. The van der Waals surface area contributed by atoms with Crippen LogP contribution in [0.2, 0.25) is 0 Å². The van der Waals surface area contributed by atoms with Crippen molar-refractivity contribution in [3.8, 4) is 5.75 Å². The van der Waals surface area contributed by atoms with Gasteiger partial charge in [0.1, 0.15) is 5.75 Å². The molecule has 2 N–H and O–H groups in total. The minimum Gasteiger partial charge on any atom is -0.494 e. The third-order valence-corrected chi connectivity index (χ3v) is 3.89. The molecule has 4 nitrogen and oxygen atoms in total. The maximum Gasteiger partial charge on any atom is 0.119 e. The molecule has 0 amide bonds. The van der Waals surface area contributed by atoms with E-state index in [1.165, 1.54) is 0 Å². The van der Waals surface area contributed by atoms with E-state index >= 15 is 0 Å². The van der Waals surface area contributed by atoms with Gasteiger partial charge in [0.05, 0.1) is 12.7 Å². The lowest BCUT2D eigenvalue weighted by Gasteiger charge is -2.31. The first-order chi connectivity index (χ1) is 9.81. The molecule has 0 spiro atoms. The molecule has 1 aromatic carbocycles. The number of hydrogen-bond donors (Lipinski definition) is 1. The number of ether oxygens (including phenoxy) is 2. The number of likely N-dealkylation sites (tertiary alicyclic amines) is 1. The van der Waals surface area contributed by atoms with Crippen molar-refractivity contribution in [2.24, 2.45) is 5.73 Å². The lowest BCUT2D eigenvalue weighted by molar-refractivity contribution is 0.0398. The highest BCUT2D eigenvalue weighted by Crippen LogP contribution is 2.15. The van der Waals surface area contributed by atoms with Gasteiger partial charge in [-0.3, -0.25) is 0 Å². The van der Waals surface area contributed by atoms with E-state index in [0.717, 1.165) is 56.8 Å². The van der Waals surface area contributed by atoms with Crippen molar-refractivity contribution < 1.29 is 9.47 Å². The van der Waals surface area contributed by atoms with Crippen LogP contribution in [0.3, 0.4) is 0 Å². The molecule has 1 aliphatic rings. The molecule has 0 radical (unpaired) electrons. The molecule has 0 atom stereocenters. The van der Waals surface area contributed by atoms with Crippen molar-refractivity contribution in [1.82, 2.24) is 4.90 Å². The van der Waals surface area contributed by atoms with Crippen molar-refractivity contribution in [1.29, 1.82) is 0 Å². The Labute approximate surface area is 121 Å². The zero-order valence-corrected chi connectivity index (χ0v) is 12.4. The van der Waals surface area contributed by atoms with Crippen molar-refractivity contribution in [2.45, 2.75) is 31.9 Å². The van der Waals surface area contributed by atoms with Crippen molar-refractivity contribution in [2.75, 3.05) is 33.4 Å². The summed E-state index contributed by atoms with van der Waals surface area (Å²) >= 11 is 0. The molecule has 1 fully saturated rings. The molecule has 0 saturated carbocycles. The standard InChI is InChI=1S/C16H26N2O2/c1-19-15-6-9-18(10-7-15)8-3-11-20-16-5-2-4-14(12-16)13-17/h2,4-5,12,15H,3,6-11,13,17H2,1H3. The summed E-state index contributed by atoms with van der Waals surface area (Å²) in [6, 6.07) is 8.02. The molecule has 0 bridgehead atoms. The van der Waals surface area contributed by atoms with E-state index in [-0.39, 0.29) is 0 Å². The second-order valence-electron chi connectivity index (χ2n) is 5.33. The predicted octanol–water partition coefficient (Wildman–Crippen LogP) is 2.02. The van der Waals surface area contributed by atoms with Crippen LogP contribution >= 0.6 is 0 Å². The Morgan fingerprint density at radius 3 is 2.80 bits per heavy atom. The van der Waals surface area contributed by atoms with Gasteiger partial charge in [-0.1, -0.05) is 12.1 Å². The highest BCUT2D eigenvalue weighted by atomic mass is 16.5. The Hall–Kier alpha value is -1.10. The van der Waals surface area contributed by atoms with E-state index in [1.807, 2.05) is 31.4 Å². The zero-order chi connectivity index (χ0) is 14.2. The number of piperidine rings is 1. The van der Waals surface area contributed by atoms with Crippen LogP contribution in [0.25, 0.3) is 0 Å². The lowest BCUT2D eigenvalue weighted by Crippen LogP contribution is -2.37. The number of nitrogens with two attached hydrogens (primary N) is 1. The first-order valence-corrected chi connectivity index (χ1v) is 7.49. The van der Waals surface area contributed by atoms with E-state index in [9.17, 15) is 0 Å². The highest BCUT2D eigenvalue weighted by molar-refractivity contribution is 5.28. The van der Waals surface area contributed by atoms with Gasteiger partial charge in [-0.25, -0.2) is 0 Å². The molecule has 0 aliphatic carbocycles. The topological polar surface area (TPSA) is 47.7 Å². The number of nitrogens with zero attached hydrogens (tertiary/aromatic N) is 1. The average molecular weight is 278 g/mol. The minimum absolute atomic E-state index is 0.460. The summed E-state index contributed by atoms with van der Waals surface area (Å²) in [6.07, 6.45) is 3.82. The summed E-state index contributed by atoms with van der Waals surface area (Å²) in [7, 11) is 1.81. The van der Waals surface area contributed by atoms with Crippen LogP contribution in [0, 0.1) is 0 Å². The van der Waals surface area contributed by atoms with E-state index in [1.54, 1.807) is 0 Å². The van der Waals surface area contributed by atoms with Crippen LogP contribution < -0.4 is 10.5 Å². The van der Waals surface area contributed by atoms with Gasteiger partial charge in [-0.05, 0) is 37.0 Å². The third kappa shape index (κ3) is 4.78. The summed E-state index contributed by atoms with van der Waals surface area (Å²) in [4.78, 5) is 2.50. The molecule has 1 aliphatic heterocycles. The van der Waals surface area contributed by atoms with Crippen LogP contribution in [0.4, 0.5) is 0 Å². The minimum atomic E-state index is 0.460. The summed E-state index contributed by atoms with van der Waals surface area (Å²) < 4.78 is 11.2. The van der Waals surface area contributed by atoms with E-state index in [4.69, 9.17) is 15.2 Å². The largest absolute Gasteiger partial charge is 0.494 e. The zero-order valence-electron chi connectivity index (χ0n) is 12.4. The van der Waals surface area contributed by atoms with Crippen LogP contribution in [0.15, 0.2) is 24.3 Å². The molecule has 4 heteroatoms. The van der Waals surface area contributed by atoms with Gasteiger partial charge >= 0.3 is 0 Å². The smallest absolute Gasteiger partial charge is 0.119 e. The van der Waals surface area contributed by atoms with E-state index in [2.05, 4.69) is 4.90 Å². The van der Waals surface area contributed by atoms with E-state index in [0.29, 0.717) is 12.6 Å².